The van der Waals surface area contributed by atoms with Gasteiger partial charge in [0.1, 0.15) is 5.76 Å². The number of nitrogens with zero attached hydrogens (tertiary/aromatic N) is 2. The molecule has 0 amide bonds. The molecule has 0 aliphatic heterocycles. The SMILES string of the molecule is Cc1cnc(CNC(C)c2ccc(N(C)C)cc2)o1. The number of hydrogen-bond donors (Lipinski definition) is 1. The first-order valence-electron chi connectivity index (χ1n) is 6.48. The lowest BCUT2D eigenvalue weighted by Gasteiger charge is -2.16. The zero-order valence-corrected chi connectivity index (χ0v) is 12.0. The van der Waals surface area contributed by atoms with Crippen molar-refractivity contribution in [3.05, 3.63) is 47.7 Å². The number of benzene rings is 1. The van der Waals surface area contributed by atoms with Crippen molar-refractivity contribution in [1.82, 2.24) is 10.3 Å². The van der Waals surface area contributed by atoms with E-state index in [-0.39, 0.29) is 6.04 Å². The lowest BCUT2D eigenvalue weighted by atomic mass is 10.1. The monoisotopic (exact) mass is 259 g/mol. The molecule has 1 aromatic carbocycles. The molecule has 0 bridgehead atoms. The third-order valence-electron chi connectivity index (χ3n) is 3.14. The van der Waals surface area contributed by atoms with Crippen LogP contribution in [0.1, 0.15) is 30.2 Å². The lowest BCUT2D eigenvalue weighted by Crippen LogP contribution is -2.18. The van der Waals surface area contributed by atoms with Crippen molar-refractivity contribution in [1.29, 1.82) is 0 Å². The van der Waals surface area contributed by atoms with E-state index >= 15 is 0 Å². The average Bonchev–Trinajstić information content (AvgIpc) is 2.82. The van der Waals surface area contributed by atoms with Gasteiger partial charge in [0.2, 0.25) is 5.89 Å². The Morgan fingerprint density at radius 3 is 2.47 bits per heavy atom. The maximum atomic E-state index is 5.44. The third kappa shape index (κ3) is 3.58. The Morgan fingerprint density at radius 1 is 1.26 bits per heavy atom. The summed E-state index contributed by atoms with van der Waals surface area (Å²) in [5, 5.41) is 3.41. The molecule has 102 valence electrons. The van der Waals surface area contributed by atoms with Crippen LogP contribution in [0, 0.1) is 6.92 Å². The van der Waals surface area contributed by atoms with E-state index in [1.165, 1.54) is 11.3 Å². The number of anilines is 1. The molecule has 0 saturated heterocycles. The molecule has 0 spiro atoms. The number of aromatic nitrogens is 1. The van der Waals surface area contributed by atoms with Crippen LogP contribution in [-0.2, 0) is 6.54 Å². The van der Waals surface area contributed by atoms with E-state index in [2.05, 4.69) is 46.4 Å². The van der Waals surface area contributed by atoms with Gasteiger partial charge in [-0.2, -0.15) is 0 Å². The molecule has 0 aliphatic rings. The van der Waals surface area contributed by atoms with Gasteiger partial charge < -0.3 is 14.6 Å². The minimum Gasteiger partial charge on any atom is -0.445 e. The molecule has 1 heterocycles. The van der Waals surface area contributed by atoms with Crippen LogP contribution in [0.2, 0.25) is 0 Å². The molecule has 2 rings (SSSR count). The molecule has 19 heavy (non-hydrogen) atoms. The van der Waals surface area contributed by atoms with Crippen LogP contribution in [0.4, 0.5) is 5.69 Å². The first-order valence-corrected chi connectivity index (χ1v) is 6.48. The number of aryl methyl sites for hydroxylation is 1. The number of rotatable bonds is 5. The Balaban J connectivity index is 1.94. The molecule has 4 nitrogen and oxygen atoms in total. The Hall–Kier alpha value is -1.81. The summed E-state index contributed by atoms with van der Waals surface area (Å²) in [7, 11) is 4.09. The zero-order valence-electron chi connectivity index (χ0n) is 12.0. The summed E-state index contributed by atoms with van der Waals surface area (Å²) in [5.74, 6) is 1.58. The standard InChI is InChI=1S/C15H21N3O/c1-11-9-17-15(19-11)10-16-12(2)13-5-7-14(8-6-13)18(3)4/h5-9,12,16H,10H2,1-4H3. The predicted octanol–water partition coefficient (Wildman–Crippen LogP) is 2.90. The molecule has 1 atom stereocenters. The van der Waals surface area contributed by atoms with E-state index in [9.17, 15) is 0 Å². The average molecular weight is 259 g/mol. The maximum Gasteiger partial charge on any atom is 0.208 e. The third-order valence-corrected chi connectivity index (χ3v) is 3.14. The van der Waals surface area contributed by atoms with Crippen molar-refractivity contribution in [3.63, 3.8) is 0 Å². The van der Waals surface area contributed by atoms with Gasteiger partial charge in [0.15, 0.2) is 0 Å². The van der Waals surface area contributed by atoms with E-state index in [4.69, 9.17) is 4.42 Å². The highest BCUT2D eigenvalue weighted by Gasteiger charge is 2.07. The summed E-state index contributed by atoms with van der Waals surface area (Å²) >= 11 is 0. The summed E-state index contributed by atoms with van der Waals surface area (Å²) in [6.45, 7) is 4.69. The van der Waals surface area contributed by atoms with Gasteiger partial charge in [0.25, 0.3) is 0 Å². The van der Waals surface area contributed by atoms with E-state index in [0.717, 1.165) is 11.7 Å². The molecule has 0 radical (unpaired) electrons. The highest BCUT2D eigenvalue weighted by atomic mass is 16.4. The molecule has 1 unspecified atom stereocenters. The van der Waals surface area contributed by atoms with E-state index in [1.54, 1.807) is 6.20 Å². The van der Waals surface area contributed by atoms with Gasteiger partial charge in [-0.15, -0.1) is 0 Å². The van der Waals surface area contributed by atoms with Crippen LogP contribution in [0.5, 0.6) is 0 Å². The molecule has 2 aromatic rings. The maximum absolute atomic E-state index is 5.44. The van der Waals surface area contributed by atoms with Gasteiger partial charge in [-0.05, 0) is 31.5 Å². The molecule has 4 heteroatoms. The molecule has 1 aromatic heterocycles. The summed E-state index contributed by atoms with van der Waals surface area (Å²) in [4.78, 5) is 6.28. The van der Waals surface area contributed by atoms with Gasteiger partial charge >= 0.3 is 0 Å². The largest absolute Gasteiger partial charge is 0.445 e. The highest BCUT2D eigenvalue weighted by Crippen LogP contribution is 2.18. The van der Waals surface area contributed by atoms with Gasteiger partial charge in [-0.3, -0.25) is 0 Å². The quantitative estimate of drug-likeness (QED) is 0.896. The van der Waals surface area contributed by atoms with Crippen molar-refractivity contribution < 1.29 is 4.42 Å². The minimum atomic E-state index is 0.267. The van der Waals surface area contributed by atoms with Crippen LogP contribution in [-0.4, -0.2) is 19.1 Å². The van der Waals surface area contributed by atoms with Crippen molar-refractivity contribution in [2.45, 2.75) is 26.4 Å². The van der Waals surface area contributed by atoms with E-state index < -0.39 is 0 Å². The predicted molar refractivity (Wildman–Crippen MR) is 77.3 cm³/mol. The highest BCUT2D eigenvalue weighted by molar-refractivity contribution is 5.46. The Morgan fingerprint density at radius 2 is 1.95 bits per heavy atom. The molecular formula is C15H21N3O. The molecule has 0 aliphatic carbocycles. The van der Waals surface area contributed by atoms with Gasteiger partial charge in [-0.1, -0.05) is 12.1 Å². The van der Waals surface area contributed by atoms with Crippen molar-refractivity contribution in [2.24, 2.45) is 0 Å². The fourth-order valence-corrected chi connectivity index (χ4v) is 1.90. The van der Waals surface area contributed by atoms with E-state index in [0.29, 0.717) is 6.54 Å². The van der Waals surface area contributed by atoms with Crippen LogP contribution in [0.3, 0.4) is 0 Å². The Bertz CT molecular complexity index is 516. The Labute approximate surface area is 114 Å². The number of hydrogen-bond acceptors (Lipinski definition) is 4. The summed E-state index contributed by atoms with van der Waals surface area (Å²) in [6.07, 6.45) is 1.74. The fourth-order valence-electron chi connectivity index (χ4n) is 1.90. The van der Waals surface area contributed by atoms with Crippen LogP contribution < -0.4 is 10.2 Å². The topological polar surface area (TPSA) is 41.3 Å². The fraction of sp³-hybridized carbons (Fsp3) is 0.400. The number of nitrogens with one attached hydrogen (secondary N) is 1. The molecule has 0 fully saturated rings. The minimum absolute atomic E-state index is 0.267. The second-order valence-electron chi connectivity index (χ2n) is 4.95. The summed E-state index contributed by atoms with van der Waals surface area (Å²) in [5.41, 5.74) is 2.47. The second kappa shape index (κ2) is 5.89. The van der Waals surface area contributed by atoms with Gasteiger partial charge in [0, 0.05) is 25.8 Å². The smallest absolute Gasteiger partial charge is 0.208 e. The first kappa shape index (κ1) is 13.6. The molecular weight excluding hydrogens is 238 g/mol. The van der Waals surface area contributed by atoms with Crippen molar-refractivity contribution in [2.75, 3.05) is 19.0 Å². The number of oxazole rings is 1. The van der Waals surface area contributed by atoms with Gasteiger partial charge in [0.05, 0.1) is 12.7 Å². The van der Waals surface area contributed by atoms with Crippen LogP contribution in [0.15, 0.2) is 34.9 Å². The van der Waals surface area contributed by atoms with Crippen molar-refractivity contribution in [3.8, 4) is 0 Å². The lowest BCUT2D eigenvalue weighted by molar-refractivity contribution is 0.432. The van der Waals surface area contributed by atoms with Crippen LogP contribution >= 0.6 is 0 Å². The Kier molecular flexibility index (Phi) is 4.22. The summed E-state index contributed by atoms with van der Waals surface area (Å²) < 4.78 is 5.44. The van der Waals surface area contributed by atoms with Crippen molar-refractivity contribution >= 4 is 5.69 Å². The normalized spacial score (nSPS) is 12.4. The molecule has 1 N–H and O–H groups in total. The second-order valence-corrected chi connectivity index (χ2v) is 4.95. The first-order chi connectivity index (χ1) is 9.06. The molecule has 0 saturated carbocycles. The van der Waals surface area contributed by atoms with Gasteiger partial charge in [-0.25, -0.2) is 4.98 Å². The summed E-state index contributed by atoms with van der Waals surface area (Å²) in [6, 6.07) is 8.82. The van der Waals surface area contributed by atoms with E-state index in [1.807, 2.05) is 21.0 Å². The van der Waals surface area contributed by atoms with Crippen LogP contribution in [0.25, 0.3) is 0 Å². The zero-order chi connectivity index (χ0) is 13.8.